The van der Waals surface area contributed by atoms with E-state index in [0.29, 0.717) is 17.2 Å². The monoisotopic (exact) mass is 259 g/mol. The quantitative estimate of drug-likeness (QED) is 0.868. The van der Waals surface area contributed by atoms with Crippen LogP contribution in [0.2, 0.25) is 5.02 Å². The number of ether oxygens (including phenoxy) is 1. The lowest BCUT2D eigenvalue weighted by molar-refractivity contribution is -0.118. The zero-order valence-electron chi connectivity index (χ0n) is 10.2. The number of benzene rings is 1. The molecule has 0 heterocycles. The minimum absolute atomic E-state index is 0.0749. The number of aliphatic hydroxyl groups is 1. The fourth-order valence-electron chi connectivity index (χ4n) is 1.41. The summed E-state index contributed by atoms with van der Waals surface area (Å²) >= 11 is 5.97. The Bertz CT molecular complexity index is 369. The van der Waals surface area contributed by atoms with Gasteiger partial charge in [-0.15, -0.1) is 0 Å². The highest BCUT2D eigenvalue weighted by Crippen LogP contribution is 2.29. The molecular formula is C12H18ClNO3. The standard InChI is InChI=1S/C11H14ClNO2.CH4O/c1-7(5-11(13)14)8-3-4-10(15-2)9(12)6-8;1-2/h3-4,6-7H,5H2,1-2H3,(H2,13,14);2H,1H3. The number of nitrogens with two attached hydrogens (primary N) is 1. The maximum Gasteiger partial charge on any atom is 0.218 e. The predicted octanol–water partition coefficient (Wildman–Crippen LogP) is 1.94. The molecule has 1 amide bonds. The zero-order chi connectivity index (χ0) is 13.4. The second kappa shape index (κ2) is 7.92. The number of hydrogen-bond acceptors (Lipinski definition) is 3. The van der Waals surface area contributed by atoms with Crippen molar-refractivity contribution in [2.24, 2.45) is 5.73 Å². The van der Waals surface area contributed by atoms with Gasteiger partial charge in [-0.1, -0.05) is 24.6 Å². The van der Waals surface area contributed by atoms with Crippen molar-refractivity contribution in [3.63, 3.8) is 0 Å². The fraction of sp³-hybridized carbons (Fsp3) is 0.417. The SMILES string of the molecule is CO.COc1ccc(C(C)CC(N)=O)cc1Cl. The maximum atomic E-state index is 10.8. The summed E-state index contributed by atoms with van der Waals surface area (Å²) in [6.45, 7) is 1.93. The van der Waals surface area contributed by atoms with E-state index >= 15 is 0 Å². The van der Waals surface area contributed by atoms with Crippen molar-refractivity contribution in [2.75, 3.05) is 14.2 Å². The lowest BCUT2D eigenvalue weighted by atomic mass is 9.97. The first-order valence-corrected chi connectivity index (χ1v) is 5.49. The molecule has 4 nitrogen and oxygen atoms in total. The van der Waals surface area contributed by atoms with E-state index in [-0.39, 0.29) is 11.8 Å². The minimum atomic E-state index is -0.311. The molecule has 0 aliphatic heterocycles. The normalized spacial score (nSPS) is 11.1. The maximum absolute atomic E-state index is 10.8. The van der Waals surface area contributed by atoms with Crippen LogP contribution in [0.4, 0.5) is 0 Å². The van der Waals surface area contributed by atoms with Gasteiger partial charge in [0.05, 0.1) is 12.1 Å². The average Bonchev–Trinajstić information content (AvgIpc) is 2.30. The number of carbonyl (C=O) groups excluding carboxylic acids is 1. The van der Waals surface area contributed by atoms with Crippen LogP contribution < -0.4 is 10.5 Å². The van der Waals surface area contributed by atoms with Gasteiger partial charge in [-0.25, -0.2) is 0 Å². The number of primary amides is 1. The molecule has 1 aromatic carbocycles. The van der Waals surface area contributed by atoms with E-state index in [1.807, 2.05) is 13.0 Å². The van der Waals surface area contributed by atoms with Crippen LogP contribution in [0, 0.1) is 0 Å². The Labute approximate surface area is 106 Å². The summed E-state index contributed by atoms with van der Waals surface area (Å²) < 4.78 is 5.04. The molecule has 17 heavy (non-hydrogen) atoms. The molecular weight excluding hydrogens is 242 g/mol. The summed E-state index contributed by atoms with van der Waals surface area (Å²) in [4.78, 5) is 10.8. The van der Waals surface area contributed by atoms with Crippen molar-refractivity contribution in [3.05, 3.63) is 28.8 Å². The summed E-state index contributed by atoms with van der Waals surface area (Å²) in [5.74, 6) is 0.395. The van der Waals surface area contributed by atoms with E-state index in [2.05, 4.69) is 0 Å². The van der Waals surface area contributed by atoms with Crippen LogP contribution in [0.1, 0.15) is 24.8 Å². The van der Waals surface area contributed by atoms with Crippen molar-refractivity contribution < 1.29 is 14.6 Å². The van der Waals surface area contributed by atoms with Crippen molar-refractivity contribution >= 4 is 17.5 Å². The summed E-state index contributed by atoms with van der Waals surface area (Å²) in [6.07, 6.45) is 0.322. The first-order valence-electron chi connectivity index (χ1n) is 5.11. The van der Waals surface area contributed by atoms with E-state index in [9.17, 15) is 4.79 Å². The number of carbonyl (C=O) groups is 1. The van der Waals surface area contributed by atoms with E-state index in [1.54, 1.807) is 19.2 Å². The van der Waals surface area contributed by atoms with Gasteiger partial charge in [0, 0.05) is 13.5 Å². The zero-order valence-corrected chi connectivity index (χ0v) is 11.0. The fourth-order valence-corrected chi connectivity index (χ4v) is 1.67. The van der Waals surface area contributed by atoms with E-state index < -0.39 is 0 Å². The van der Waals surface area contributed by atoms with Gasteiger partial charge in [-0.05, 0) is 23.6 Å². The molecule has 0 saturated heterocycles. The van der Waals surface area contributed by atoms with Gasteiger partial charge < -0.3 is 15.6 Å². The van der Waals surface area contributed by atoms with Crippen LogP contribution in [0.5, 0.6) is 5.75 Å². The second-order valence-corrected chi connectivity index (χ2v) is 3.87. The van der Waals surface area contributed by atoms with E-state index in [4.69, 9.17) is 27.2 Å². The third kappa shape index (κ3) is 5.06. The molecule has 0 aliphatic carbocycles. The molecule has 0 aromatic heterocycles. The lowest BCUT2D eigenvalue weighted by Crippen LogP contribution is -2.13. The Kier molecular flexibility index (Phi) is 7.34. The topological polar surface area (TPSA) is 72.6 Å². The smallest absolute Gasteiger partial charge is 0.218 e. The Hall–Kier alpha value is -1.26. The van der Waals surface area contributed by atoms with Crippen LogP contribution in [0.3, 0.4) is 0 Å². The Balaban J connectivity index is 0.00000121. The van der Waals surface area contributed by atoms with Gasteiger partial charge in [-0.3, -0.25) is 4.79 Å². The molecule has 1 atom stereocenters. The molecule has 96 valence electrons. The molecule has 0 bridgehead atoms. The lowest BCUT2D eigenvalue weighted by Gasteiger charge is -2.11. The van der Waals surface area contributed by atoms with E-state index in [0.717, 1.165) is 12.7 Å². The predicted molar refractivity (Wildman–Crippen MR) is 68.4 cm³/mol. The van der Waals surface area contributed by atoms with Gasteiger partial charge in [-0.2, -0.15) is 0 Å². The summed E-state index contributed by atoms with van der Waals surface area (Å²) in [5, 5.41) is 7.55. The molecule has 0 radical (unpaired) electrons. The Morgan fingerprint density at radius 1 is 1.53 bits per heavy atom. The summed E-state index contributed by atoms with van der Waals surface area (Å²) in [7, 11) is 2.56. The number of amides is 1. The highest BCUT2D eigenvalue weighted by Gasteiger charge is 2.10. The Morgan fingerprint density at radius 3 is 2.53 bits per heavy atom. The first kappa shape index (κ1) is 15.7. The summed E-state index contributed by atoms with van der Waals surface area (Å²) in [6, 6.07) is 5.47. The van der Waals surface area contributed by atoms with Crippen LogP contribution in [-0.2, 0) is 4.79 Å². The molecule has 5 heteroatoms. The largest absolute Gasteiger partial charge is 0.495 e. The first-order chi connectivity index (χ1) is 8.04. The molecule has 0 saturated carbocycles. The summed E-state index contributed by atoms with van der Waals surface area (Å²) in [5.41, 5.74) is 6.11. The van der Waals surface area contributed by atoms with Crippen LogP contribution in [0.25, 0.3) is 0 Å². The van der Waals surface area contributed by atoms with E-state index in [1.165, 1.54) is 0 Å². The molecule has 3 N–H and O–H groups in total. The molecule has 0 fully saturated rings. The van der Waals surface area contributed by atoms with Crippen molar-refractivity contribution in [3.8, 4) is 5.75 Å². The molecule has 0 aliphatic rings. The molecule has 1 aromatic rings. The highest BCUT2D eigenvalue weighted by molar-refractivity contribution is 6.32. The van der Waals surface area contributed by atoms with Gasteiger partial charge >= 0.3 is 0 Å². The second-order valence-electron chi connectivity index (χ2n) is 3.47. The number of aliphatic hydroxyl groups excluding tert-OH is 1. The molecule has 1 rings (SSSR count). The molecule has 0 spiro atoms. The minimum Gasteiger partial charge on any atom is -0.495 e. The van der Waals surface area contributed by atoms with Crippen LogP contribution in [-0.4, -0.2) is 25.2 Å². The Morgan fingerprint density at radius 2 is 2.12 bits per heavy atom. The van der Waals surface area contributed by atoms with Crippen molar-refractivity contribution in [1.82, 2.24) is 0 Å². The number of methoxy groups -OCH3 is 1. The third-order valence-electron chi connectivity index (χ3n) is 2.25. The number of rotatable bonds is 4. The average molecular weight is 260 g/mol. The highest BCUT2D eigenvalue weighted by atomic mass is 35.5. The van der Waals surface area contributed by atoms with Gasteiger partial charge in [0.15, 0.2) is 0 Å². The molecule has 1 unspecified atom stereocenters. The van der Waals surface area contributed by atoms with Crippen LogP contribution >= 0.6 is 11.6 Å². The van der Waals surface area contributed by atoms with Crippen molar-refractivity contribution in [2.45, 2.75) is 19.3 Å². The van der Waals surface area contributed by atoms with Gasteiger partial charge in [0.25, 0.3) is 0 Å². The van der Waals surface area contributed by atoms with Crippen LogP contribution in [0.15, 0.2) is 18.2 Å². The third-order valence-corrected chi connectivity index (χ3v) is 2.55. The van der Waals surface area contributed by atoms with Gasteiger partial charge in [0.1, 0.15) is 5.75 Å². The van der Waals surface area contributed by atoms with Gasteiger partial charge in [0.2, 0.25) is 5.91 Å². The van der Waals surface area contributed by atoms with Crippen molar-refractivity contribution in [1.29, 1.82) is 0 Å². The number of hydrogen-bond donors (Lipinski definition) is 2. The number of halogens is 1.